The van der Waals surface area contributed by atoms with Gasteiger partial charge in [0.15, 0.2) is 11.6 Å². The highest BCUT2D eigenvalue weighted by Gasteiger charge is 2.20. The first-order chi connectivity index (χ1) is 13.6. The van der Waals surface area contributed by atoms with Crippen LogP contribution in [0.4, 0.5) is 5.82 Å². The van der Waals surface area contributed by atoms with E-state index >= 15 is 0 Å². The van der Waals surface area contributed by atoms with Crippen LogP contribution in [0.1, 0.15) is 42.8 Å². The topological polar surface area (TPSA) is 59.5 Å². The molecule has 0 spiro atoms. The molecular weight excluding hydrogens is 352 g/mol. The van der Waals surface area contributed by atoms with Crippen molar-refractivity contribution in [3.63, 3.8) is 0 Å². The highest BCUT2D eigenvalue weighted by atomic mass is 16.5. The third kappa shape index (κ3) is 4.21. The van der Waals surface area contributed by atoms with E-state index in [1.165, 1.54) is 11.1 Å². The summed E-state index contributed by atoms with van der Waals surface area (Å²) in [4.78, 5) is 11.3. The summed E-state index contributed by atoms with van der Waals surface area (Å²) in [6.45, 7) is 9.35. The zero-order valence-electron chi connectivity index (χ0n) is 16.9. The van der Waals surface area contributed by atoms with Crippen LogP contribution in [0.2, 0.25) is 0 Å². The first-order valence-electron chi connectivity index (χ1n) is 9.98. The van der Waals surface area contributed by atoms with E-state index in [2.05, 4.69) is 39.4 Å². The van der Waals surface area contributed by atoms with Gasteiger partial charge in [-0.2, -0.15) is 0 Å². The van der Waals surface area contributed by atoms with Crippen molar-refractivity contribution in [2.24, 2.45) is 0 Å². The number of aryl methyl sites for hydroxylation is 2. The maximum Gasteiger partial charge on any atom is 0.168 e. The Kier molecular flexibility index (Phi) is 5.37. The second-order valence-electron chi connectivity index (χ2n) is 7.57. The third-order valence-electron chi connectivity index (χ3n) is 5.25. The molecule has 0 saturated carbocycles. The Morgan fingerprint density at radius 3 is 2.89 bits per heavy atom. The first kappa shape index (κ1) is 18.6. The van der Waals surface area contributed by atoms with Crippen LogP contribution in [0.25, 0.3) is 0 Å². The molecule has 1 atom stereocenters. The molecule has 2 aromatic rings. The van der Waals surface area contributed by atoms with E-state index in [9.17, 15) is 0 Å². The fraction of sp³-hybridized carbons (Fsp3) is 0.455. The minimum atomic E-state index is 0.240. The number of anilines is 1. The third-order valence-corrected chi connectivity index (χ3v) is 5.25. The molecule has 0 aromatic carbocycles. The quantitative estimate of drug-likeness (QED) is 0.846. The Hall–Kier alpha value is -2.76. The number of aromatic nitrogens is 2. The predicted octanol–water partition coefficient (Wildman–Crippen LogP) is 4.02. The second kappa shape index (κ2) is 8.09. The van der Waals surface area contributed by atoms with Crippen LogP contribution in [0.5, 0.6) is 11.5 Å². The van der Waals surface area contributed by atoms with Crippen molar-refractivity contribution >= 4 is 5.82 Å². The van der Waals surface area contributed by atoms with Crippen molar-refractivity contribution in [1.82, 2.24) is 14.9 Å². The van der Waals surface area contributed by atoms with E-state index < -0.39 is 0 Å². The molecule has 2 aromatic heterocycles. The number of fused-ring (bicyclic) bond motifs is 1. The molecule has 148 valence electrons. The van der Waals surface area contributed by atoms with Crippen LogP contribution >= 0.6 is 0 Å². The van der Waals surface area contributed by atoms with Gasteiger partial charge in [0.1, 0.15) is 19.0 Å². The Morgan fingerprint density at radius 1 is 1.25 bits per heavy atom. The summed E-state index contributed by atoms with van der Waals surface area (Å²) in [5, 5.41) is 3.27. The fourth-order valence-electron chi connectivity index (χ4n) is 3.78. The Labute approximate surface area is 166 Å². The van der Waals surface area contributed by atoms with Crippen molar-refractivity contribution in [3.8, 4) is 11.5 Å². The number of ether oxygens (including phenoxy) is 2. The molecule has 28 heavy (non-hydrogen) atoms. The molecule has 0 radical (unpaired) electrons. The second-order valence-corrected chi connectivity index (χ2v) is 7.57. The largest absolute Gasteiger partial charge is 0.489 e. The summed E-state index contributed by atoms with van der Waals surface area (Å²) in [7, 11) is 0. The minimum absolute atomic E-state index is 0.240. The summed E-state index contributed by atoms with van der Waals surface area (Å²) < 4.78 is 11.8. The lowest BCUT2D eigenvalue weighted by Gasteiger charge is -2.33. The SMILES string of the molecule is Cc1cc(OCC2=CN(C(C)c3cnc4c(c3)OCCN4)CCC2)cc(C)n1. The molecule has 6 nitrogen and oxygen atoms in total. The number of rotatable bonds is 5. The van der Waals surface area contributed by atoms with Gasteiger partial charge in [-0.15, -0.1) is 0 Å². The Morgan fingerprint density at radius 2 is 2.07 bits per heavy atom. The molecule has 4 rings (SSSR count). The molecule has 2 aliphatic heterocycles. The molecule has 0 amide bonds. The molecule has 4 heterocycles. The van der Waals surface area contributed by atoms with Gasteiger partial charge < -0.3 is 19.7 Å². The Bertz CT molecular complexity index is 861. The lowest BCUT2D eigenvalue weighted by molar-refractivity contribution is 0.261. The van der Waals surface area contributed by atoms with Gasteiger partial charge in [0, 0.05) is 42.5 Å². The average Bonchev–Trinajstić information content (AvgIpc) is 2.71. The van der Waals surface area contributed by atoms with Crippen LogP contribution in [0, 0.1) is 13.8 Å². The summed E-state index contributed by atoms with van der Waals surface area (Å²) in [5.74, 6) is 2.58. The van der Waals surface area contributed by atoms with Gasteiger partial charge in [-0.3, -0.25) is 4.98 Å². The lowest BCUT2D eigenvalue weighted by atomic mass is 10.0. The molecule has 0 aliphatic carbocycles. The molecule has 2 aliphatic rings. The monoisotopic (exact) mass is 380 g/mol. The number of hydrogen-bond donors (Lipinski definition) is 1. The number of hydrogen-bond acceptors (Lipinski definition) is 6. The van der Waals surface area contributed by atoms with Crippen molar-refractivity contribution in [3.05, 3.63) is 53.1 Å². The zero-order valence-corrected chi connectivity index (χ0v) is 16.9. The van der Waals surface area contributed by atoms with Gasteiger partial charge in [-0.1, -0.05) is 0 Å². The van der Waals surface area contributed by atoms with Gasteiger partial charge in [0.2, 0.25) is 0 Å². The highest BCUT2D eigenvalue weighted by Crippen LogP contribution is 2.31. The number of nitrogens with zero attached hydrogens (tertiary/aromatic N) is 3. The van der Waals surface area contributed by atoms with Crippen LogP contribution in [-0.4, -0.2) is 41.2 Å². The van der Waals surface area contributed by atoms with Gasteiger partial charge in [-0.05, 0) is 50.8 Å². The van der Waals surface area contributed by atoms with Crippen molar-refractivity contribution in [1.29, 1.82) is 0 Å². The summed E-state index contributed by atoms with van der Waals surface area (Å²) in [6, 6.07) is 6.33. The maximum atomic E-state index is 6.04. The van der Waals surface area contributed by atoms with Crippen molar-refractivity contribution in [2.75, 3.05) is 31.6 Å². The summed E-state index contributed by atoms with van der Waals surface area (Å²) in [6.07, 6.45) is 6.41. The van der Waals surface area contributed by atoms with Gasteiger partial charge >= 0.3 is 0 Å². The smallest absolute Gasteiger partial charge is 0.168 e. The molecule has 6 heteroatoms. The molecule has 1 N–H and O–H groups in total. The highest BCUT2D eigenvalue weighted by molar-refractivity contribution is 5.52. The van der Waals surface area contributed by atoms with E-state index in [0.717, 1.165) is 54.6 Å². The summed E-state index contributed by atoms with van der Waals surface area (Å²) >= 11 is 0. The fourth-order valence-corrected chi connectivity index (χ4v) is 3.78. The van der Waals surface area contributed by atoms with Gasteiger partial charge in [-0.25, -0.2) is 4.98 Å². The van der Waals surface area contributed by atoms with Crippen LogP contribution in [0.3, 0.4) is 0 Å². The minimum Gasteiger partial charge on any atom is -0.489 e. The average molecular weight is 380 g/mol. The van der Waals surface area contributed by atoms with Gasteiger partial charge in [0.05, 0.1) is 12.6 Å². The molecule has 0 saturated heterocycles. The Balaban J connectivity index is 1.44. The summed E-state index contributed by atoms with van der Waals surface area (Å²) in [5.41, 5.74) is 4.45. The number of pyridine rings is 2. The van der Waals surface area contributed by atoms with Crippen LogP contribution in [-0.2, 0) is 0 Å². The maximum absolute atomic E-state index is 6.04. The van der Waals surface area contributed by atoms with Crippen molar-refractivity contribution in [2.45, 2.75) is 39.7 Å². The van der Waals surface area contributed by atoms with Crippen LogP contribution < -0.4 is 14.8 Å². The molecule has 1 unspecified atom stereocenters. The molecular formula is C22H28N4O2. The zero-order chi connectivity index (χ0) is 19.5. The number of nitrogens with one attached hydrogen (secondary N) is 1. The van der Waals surface area contributed by atoms with E-state index in [1.807, 2.05) is 32.2 Å². The normalized spacial score (nSPS) is 17.1. The van der Waals surface area contributed by atoms with Crippen LogP contribution in [0.15, 0.2) is 36.2 Å². The predicted molar refractivity (Wildman–Crippen MR) is 110 cm³/mol. The molecule has 0 bridgehead atoms. The first-order valence-corrected chi connectivity index (χ1v) is 9.98. The van der Waals surface area contributed by atoms with Gasteiger partial charge in [0.25, 0.3) is 0 Å². The lowest BCUT2D eigenvalue weighted by Crippen LogP contribution is -2.28. The van der Waals surface area contributed by atoms with E-state index in [-0.39, 0.29) is 6.04 Å². The van der Waals surface area contributed by atoms with Crippen molar-refractivity contribution < 1.29 is 9.47 Å². The van der Waals surface area contributed by atoms with E-state index in [1.54, 1.807) is 0 Å². The molecule has 0 fully saturated rings. The van der Waals surface area contributed by atoms with E-state index in [4.69, 9.17) is 9.47 Å². The van der Waals surface area contributed by atoms with E-state index in [0.29, 0.717) is 13.2 Å². The standard InChI is InChI=1S/C22H28N4O2/c1-15-9-20(10-16(2)25-15)28-14-18-5-4-7-26(13-18)17(3)19-11-21-22(24-12-19)23-6-8-27-21/h9-13,17H,4-8,14H2,1-3H3,(H,23,24).